The lowest BCUT2D eigenvalue weighted by Gasteiger charge is -2.25. The van der Waals surface area contributed by atoms with Crippen LogP contribution in [0.2, 0.25) is 0 Å². The van der Waals surface area contributed by atoms with E-state index in [1.54, 1.807) is 41.8 Å². The number of fused-ring (bicyclic) bond motifs is 1. The maximum absolute atomic E-state index is 14.4. The molecule has 1 amide bonds. The molecule has 1 aliphatic heterocycles. The number of benzene rings is 4. The number of halogens is 2. The Balaban J connectivity index is 1.43. The van der Waals surface area contributed by atoms with Crippen molar-refractivity contribution in [2.75, 3.05) is 11.9 Å². The van der Waals surface area contributed by atoms with E-state index in [4.69, 9.17) is 14.5 Å². The summed E-state index contributed by atoms with van der Waals surface area (Å²) in [5, 5.41) is 14.1. The van der Waals surface area contributed by atoms with Gasteiger partial charge in [-0.3, -0.25) is 24.3 Å². The minimum absolute atomic E-state index is 0.00291. The lowest BCUT2D eigenvalue weighted by atomic mass is 9.95. The number of rotatable bonds is 10. The number of hydrogen-bond acceptors (Lipinski definition) is 8. The Labute approximate surface area is 312 Å². The van der Waals surface area contributed by atoms with E-state index in [9.17, 15) is 19.7 Å². The van der Waals surface area contributed by atoms with Crippen LogP contribution in [0.4, 0.5) is 11.4 Å². The summed E-state index contributed by atoms with van der Waals surface area (Å²) < 4.78 is 15.7. The van der Waals surface area contributed by atoms with Crippen molar-refractivity contribution >= 4 is 79.9 Å². The molecule has 5 aromatic rings. The molecule has 13 heteroatoms. The second-order valence-corrected chi connectivity index (χ2v) is 14.3. The van der Waals surface area contributed by atoms with Crippen LogP contribution in [0.25, 0.3) is 6.08 Å². The van der Waals surface area contributed by atoms with Crippen molar-refractivity contribution < 1.29 is 19.2 Å². The Morgan fingerprint density at radius 3 is 2.43 bits per heavy atom. The Kier molecular flexibility index (Phi) is 10.6. The second kappa shape index (κ2) is 15.0. The molecule has 0 saturated carbocycles. The summed E-state index contributed by atoms with van der Waals surface area (Å²) in [6.07, 6.45) is 1.79. The number of nitrogens with one attached hydrogen (secondary N) is 1. The van der Waals surface area contributed by atoms with Gasteiger partial charge in [-0.15, -0.1) is 0 Å². The summed E-state index contributed by atoms with van der Waals surface area (Å²) in [6.45, 7) is 4.37. The molecular weight excluding hydrogens is 870 g/mol. The first-order valence-corrected chi connectivity index (χ1v) is 18.1. The van der Waals surface area contributed by atoms with E-state index < -0.39 is 11.0 Å². The highest BCUT2D eigenvalue weighted by Gasteiger charge is 2.32. The molecule has 1 atom stereocenters. The third kappa shape index (κ3) is 7.63. The number of allylic oxidation sites excluding steroid dienone is 1. The van der Waals surface area contributed by atoms with Crippen LogP contribution < -0.4 is 29.7 Å². The van der Waals surface area contributed by atoms with E-state index >= 15 is 0 Å². The standard InChI is InChI=1S/C36H28I2N4O6S/c1-3-47-28-15-11-23(12-16-28)32-31(34(43)40-26-7-5-4-6-8-26)21(2)39-36-41(32)35(44)30(49-36)18-24-17-25(37)19-29(38)33(24)48-20-22-9-13-27(14-10-22)42(45)46/h4-19,32H,3,20H2,1-2H3,(H,40,43)/b30-18-/t32-/m0/s1. The predicted molar refractivity (Wildman–Crippen MR) is 206 cm³/mol. The summed E-state index contributed by atoms with van der Waals surface area (Å²) in [5.41, 5.74) is 3.40. The molecule has 0 bridgehead atoms. The number of carbonyl (C=O) groups excluding carboxylic acids is 1. The maximum Gasteiger partial charge on any atom is 0.271 e. The SMILES string of the molecule is CCOc1ccc([C@H]2C(C(=O)Nc3ccccc3)=C(C)N=c3s/c(=C\c4cc(I)cc(I)c4OCc4ccc([N+](=O)[O-])cc4)c(=O)n32)cc1. The van der Waals surface area contributed by atoms with Gasteiger partial charge in [-0.2, -0.15) is 0 Å². The molecule has 10 nitrogen and oxygen atoms in total. The number of ether oxygens (including phenoxy) is 2. The average molecular weight is 899 g/mol. The van der Waals surface area contributed by atoms with Crippen LogP contribution in [0.15, 0.2) is 112 Å². The fourth-order valence-electron chi connectivity index (χ4n) is 5.41. The second-order valence-electron chi connectivity index (χ2n) is 10.9. The normalized spacial score (nSPS) is 14.2. The number of thiazole rings is 1. The molecule has 248 valence electrons. The van der Waals surface area contributed by atoms with E-state index in [0.717, 1.165) is 18.3 Å². The Morgan fingerprint density at radius 2 is 1.76 bits per heavy atom. The quantitative estimate of drug-likeness (QED) is 0.0918. The van der Waals surface area contributed by atoms with Gasteiger partial charge in [-0.1, -0.05) is 41.7 Å². The summed E-state index contributed by atoms with van der Waals surface area (Å²) in [7, 11) is 0. The Hall–Kier alpha value is -4.35. The van der Waals surface area contributed by atoms with Crippen LogP contribution in [-0.4, -0.2) is 22.0 Å². The van der Waals surface area contributed by atoms with E-state index in [2.05, 4.69) is 50.5 Å². The third-order valence-corrected chi connectivity index (χ3v) is 10.1. The Bertz CT molecular complexity index is 2270. The van der Waals surface area contributed by atoms with Gasteiger partial charge in [0.1, 0.15) is 18.1 Å². The summed E-state index contributed by atoms with van der Waals surface area (Å²) in [4.78, 5) is 44.1. The minimum Gasteiger partial charge on any atom is -0.494 e. The number of nitro groups is 1. The van der Waals surface area contributed by atoms with Crippen molar-refractivity contribution in [2.45, 2.75) is 26.5 Å². The van der Waals surface area contributed by atoms with Gasteiger partial charge in [-0.25, -0.2) is 4.99 Å². The van der Waals surface area contributed by atoms with Gasteiger partial charge in [0.15, 0.2) is 4.80 Å². The monoisotopic (exact) mass is 898 g/mol. The smallest absolute Gasteiger partial charge is 0.271 e. The van der Waals surface area contributed by atoms with Gasteiger partial charge in [-0.05, 0) is 125 Å². The van der Waals surface area contributed by atoms with Crippen molar-refractivity contribution in [3.8, 4) is 11.5 Å². The van der Waals surface area contributed by atoms with E-state index in [0.29, 0.717) is 50.0 Å². The fraction of sp³-hybridized carbons (Fsp3) is 0.139. The first-order chi connectivity index (χ1) is 23.6. The van der Waals surface area contributed by atoms with Crippen molar-refractivity contribution in [1.29, 1.82) is 0 Å². The maximum atomic E-state index is 14.4. The van der Waals surface area contributed by atoms with E-state index in [1.165, 1.54) is 23.5 Å². The van der Waals surface area contributed by atoms with E-state index in [1.807, 2.05) is 61.5 Å². The minimum atomic E-state index is -0.744. The van der Waals surface area contributed by atoms with Crippen molar-refractivity contribution in [3.05, 3.63) is 156 Å². The Morgan fingerprint density at radius 1 is 1.04 bits per heavy atom. The van der Waals surface area contributed by atoms with E-state index in [-0.39, 0.29) is 23.8 Å². The zero-order valence-electron chi connectivity index (χ0n) is 26.2. The van der Waals surface area contributed by atoms with Crippen LogP contribution in [0.3, 0.4) is 0 Å². The summed E-state index contributed by atoms with van der Waals surface area (Å²) in [5.74, 6) is 0.909. The van der Waals surface area contributed by atoms with Gasteiger partial charge < -0.3 is 14.8 Å². The lowest BCUT2D eigenvalue weighted by Crippen LogP contribution is -2.40. The molecule has 6 rings (SSSR count). The van der Waals surface area contributed by atoms with Gasteiger partial charge in [0.25, 0.3) is 17.2 Å². The van der Waals surface area contributed by atoms with Gasteiger partial charge >= 0.3 is 0 Å². The molecular formula is C36H28I2N4O6S. The number of nitrogens with zero attached hydrogens (tertiary/aromatic N) is 3. The zero-order chi connectivity index (χ0) is 34.7. The molecule has 0 radical (unpaired) electrons. The number of hydrogen-bond donors (Lipinski definition) is 1. The molecule has 0 aliphatic carbocycles. The van der Waals surface area contributed by atoms with Crippen molar-refractivity contribution in [3.63, 3.8) is 0 Å². The van der Waals surface area contributed by atoms with Crippen molar-refractivity contribution in [2.24, 2.45) is 4.99 Å². The molecule has 2 heterocycles. The van der Waals surface area contributed by atoms with Crippen LogP contribution in [0.1, 0.15) is 36.6 Å². The molecule has 0 unspecified atom stereocenters. The first-order valence-electron chi connectivity index (χ1n) is 15.1. The van der Waals surface area contributed by atoms with Crippen LogP contribution in [0, 0.1) is 17.3 Å². The van der Waals surface area contributed by atoms with Gasteiger partial charge in [0.2, 0.25) is 0 Å². The highest BCUT2D eigenvalue weighted by atomic mass is 127. The summed E-state index contributed by atoms with van der Waals surface area (Å²) in [6, 6.07) is 25.9. The number of aromatic nitrogens is 1. The number of carbonyl (C=O) groups is 1. The molecule has 4 aromatic carbocycles. The number of para-hydroxylation sites is 1. The number of anilines is 1. The molecule has 1 aliphatic rings. The first kappa shape index (κ1) is 34.5. The zero-order valence-corrected chi connectivity index (χ0v) is 31.3. The number of non-ortho nitro benzene ring substituents is 1. The topological polar surface area (TPSA) is 125 Å². The van der Waals surface area contributed by atoms with Gasteiger partial charge in [0, 0.05) is 27.0 Å². The average Bonchev–Trinajstić information content (AvgIpc) is 3.38. The van der Waals surface area contributed by atoms with Crippen LogP contribution in [-0.2, 0) is 11.4 Å². The molecule has 1 N–H and O–H groups in total. The largest absolute Gasteiger partial charge is 0.494 e. The van der Waals surface area contributed by atoms with Crippen LogP contribution in [0.5, 0.6) is 11.5 Å². The molecule has 49 heavy (non-hydrogen) atoms. The molecule has 0 saturated heterocycles. The molecule has 1 aromatic heterocycles. The van der Waals surface area contributed by atoms with Crippen molar-refractivity contribution in [1.82, 2.24) is 4.57 Å². The predicted octanol–water partition coefficient (Wildman–Crippen LogP) is 6.97. The summed E-state index contributed by atoms with van der Waals surface area (Å²) >= 11 is 5.66. The highest BCUT2D eigenvalue weighted by molar-refractivity contribution is 14.1. The van der Waals surface area contributed by atoms with Gasteiger partial charge in [0.05, 0.1) is 36.9 Å². The number of nitro benzene ring substituents is 1. The third-order valence-electron chi connectivity index (χ3n) is 7.66. The fourth-order valence-corrected chi connectivity index (χ4v) is 8.49. The van der Waals surface area contributed by atoms with Crippen LogP contribution >= 0.6 is 56.5 Å². The molecule has 0 fully saturated rings. The lowest BCUT2D eigenvalue weighted by molar-refractivity contribution is -0.384. The highest BCUT2D eigenvalue weighted by Crippen LogP contribution is 2.33. The molecule has 0 spiro atoms. The number of amides is 1.